The summed E-state index contributed by atoms with van der Waals surface area (Å²) in [5.74, 6) is 0.734. The minimum Gasteiger partial charge on any atom is -0.233 e. The largest absolute Gasteiger partial charge is 0.233 e. The van der Waals surface area contributed by atoms with Crippen LogP contribution >= 0.6 is 58.7 Å². The molecular formula is C10H9ClN2S4. The predicted octanol–water partition coefficient (Wildman–Crippen LogP) is 4.80. The van der Waals surface area contributed by atoms with E-state index in [4.69, 9.17) is 23.8 Å². The lowest BCUT2D eigenvalue weighted by Crippen LogP contribution is -1.96. The van der Waals surface area contributed by atoms with Gasteiger partial charge in [-0.2, -0.15) is 5.10 Å². The Bertz CT molecular complexity index is 546. The molecule has 0 aliphatic rings. The van der Waals surface area contributed by atoms with Crippen LogP contribution in [0.5, 0.6) is 0 Å². The molecule has 0 N–H and O–H groups in total. The molecule has 2 aromatic rings. The number of aromatic nitrogens is 2. The second-order valence-corrected chi connectivity index (χ2v) is 7.20. The minimum absolute atomic E-state index is 0.734. The molecule has 0 amide bonds. The van der Waals surface area contributed by atoms with Gasteiger partial charge in [0, 0.05) is 9.92 Å². The fraction of sp³-hybridized carbons (Fsp3) is 0.200. The Hall–Kier alpha value is -0.0100. The first-order valence-electron chi connectivity index (χ1n) is 4.69. The molecule has 0 fully saturated rings. The van der Waals surface area contributed by atoms with Crippen molar-refractivity contribution in [3.05, 3.63) is 33.2 Å². The Balaban J connectivity index is 2.04. The molecule has 0 spiro atoms. The lowest BCUT2D eigenvalue weighted by atomic mass is 10.4. The molecule has 0 aliphatic heterocycles. The molecule has 0 radical (unpaired) electrons. The van der Waals surface area contributed by atoms with Crippen molar-refractivity contribution in [1.29, 1.82) is 0 Å². The molecule has 0 aliphatic carbocycles. The van der Waals surface area contributed by atoms with Gasteiger partial charge < -0.3 is 0 Å². The van der Waals surface area contributed by atoms with E-state index >= 15 is 0 Å². The molecule has 1 aromatic carbocycles. The molecular weight excluding hydrogens is 312 g/mol. The van der Waals surface area contributed by atoms with Gasteiger partial charge in [0.05, 0.1) is 5.88 Å². The van der Waals surface area contributed by atoms with Crippen LogP contribution in [-0.4, -0.2) is 16.0 Å². The molecule has 0 saturated heterocycles. The van der Waals surface area contributed by atoms with Crippen LogP contribution in [0, 0.1) is 3.95 Å². The average Bonchev–Trinajstić information content (AvgIpc) is 2.69. The monoisotopic (exact) mass is 320 g/mol. The SMILES string of the molecule is CSc1nn(CSc2ccc(Cl)cc2)c(=S)s1. The zero-order valence-corrected chi connectivity index (χ0v) is 12.9. The molecule has 0 unspecified atom stereocenters. The molecule has 1 heterocycles. The summed E-state index contributed by atoms with van der Waals surface area (Å²) >= 11 is 15.9. The average molecular weight is 321 g/mol. The van der Waals surface area contributed by atoms with Crippen LogP contribution < -0.4 is 0 Å². The molecule has 7 heteroatoms. The highest BCUT2D eigenvalue weighted by molar-refractivity contribution is 8.00. The normalized spacial score (nSPS) is 10.7. The van der Waals surface area contributed by atoms with Gasteiger partial charge >= 0.3 is 0 Å². The maximum Gasteiger partial charge on any atom is 0.180 e. The number of nitrogens with zero attached hydrogens (tertiary/aromatic N) is 2. The van der Waals surface area contributed by atoms with Crippen molar-refractivity contribution in [2.45, 2.75) is 15.1 Å². The van der Waals surface area contributed by atoms with E-state index in [0.717, 1.165) is 24.1 Å². The zero-order valence-electron chi connectivity index (χ0n) is 8.92. The summed E-state index contributed by atoms with van der Waals surface area (Å²) < 4.78 is 3.67. The van der Waals surface area contributed by atoms with Crippen LogP contribution in [0.15, 0.2) is 33.5 Å². The third-order valence-corrected chi connectivity index (χ3v) is 5.44. The maximum absolute atomic E-state index is 5.83. The number of hydrogen-bond acceptors (Lipinski definition) is 5. The number of rotatable bonds is 4. The molecule has 1 aromatic heterocycles. The molecule has 17 heavy (non-hydrogen) atoms. The number of hydrogen-bond donors (Lipinski definition) is 0. The van der Waals surface area contributed by atoms with E-state index in [9.17, 15) is 0 Å². The van der Waals surface area contributed by atoms with Gasteiger partial charge in [-0.1, -0.05) is 34.7 Å². The second-order valence-electron chi connectivity index (χ2n) is 3.06. The summed E-state index contributed by atoms with van der Waals surface area (Å²) in [7, 11) is 0. The maximum atomic E-state index is 5.83. The summed E-state index contributed by atoms with van der Waals surface area (Å²) in [6, 6.07) is 7.77. The Kier molecular flexibility index (Phi) is 4.93. The van der Waals surface area contributed by atoms with Gasteiger partial charge in [-0.3, -0.25) is 0 Å². The highest BCUT2D eigenvalue weighted by Crippen LogP contribution is 2.24. The lowest BCUT2D eigenvalue weighted by Gasteiger charge is -2.01. The quantitative estimate of drug-likeness (QED) is 0.594. The number of halogens is 1. The smallest absolute Gasteiger partial charge is 0.180 e. The molecule has 90 valence electrons. The Morgan fingerprint density at radius 3 is 2.71 bits per heavy atom. The molecule has 2 nitrogen and oxygen atoms in total. The highest BCUT2D eigenvalue weighted by atomic mass is 35.5. The van der Waals surface area contributed by atoms with Gasteiger partial charge in [0.2, 0.25) is 0 Å². The van der Waals surface area contributed by atoms with Crippen molar-refractivity contribution in [3.8, 4) is 0 Å². The van der Waals surface area contributed by atoms with Crippen LogP contribution in [0.2, 0.25) is 5.02 Å². The first kappa shape index (κ1) is 13.4. The van der Waals surface area contributed by atoms with Gasteiger partial charge in [-0.05, 0) is 42.7 Å². The van der Waals surface area contributed by atoms with E-state index in [-0.39, 0.29) is 0 Å². The third kappa shape index (κ3) is 3.72. The lowest BCUT2D eigenvalue weighted by molar-refractivity contribution is 0.715. The standard InChI is InChI=1S/C10H9ClN2S4/c1-15-9-12-13(10(14)17-9)6-16-8-4-2-7(11)3-5-8/h2-5H,6H2,1H3. The van der Waals surface area contributed by atoms with E-state index in [1.807, 2.05) is 35.2 Å². The highest BCUT2D eigenvalue weighted by Gasteiger charge is 2.02. The van der Waals surface area contributed by atoms with Crippen molar-refractivity contribution in [3.63, 3.8) is 0 Å². The fourth-order valence-electron chi connectivity index (χ4n) is 1.12. The van der Waals surface area contributed by atoms with Gasteiger partial charge in [0.1, 0.15) is 0 Å². The third-order valence-electron chi connectivity index (χ3n) is 1.93. The summed E-state index contributed by atoms with van der Waals surface area (Å²) in [5, 5.41) is 5.16. The van der Waals surface area contributed by atoms with E-state index in [1.54, 1.807) is 34.9 Å². The summed E-state index contributed by atoms with van der Waals surface area (Å²) in [6.45, 7) is 0. The van der Waals surface area contributed by atoms with Gasteiger partial charge in [-0.15, -0.1) is 11.8 Å². The van der Waals surface area contributed by atoms with Crippen molar-refractivity contribution in [1.82, 2.24) is 9.78 Å². The van der Waals surface area contributed by atoms with E-state index < -0.39 is 0 Å². The van der Waals surface area contributed by atoms with Gasteiger partial charge in [0.25, 0.3) is 0 Å². The Morgan fingerprint density at radius 1 is 1.41 bits per heavy atom. The van der Waals surface area contributed by atoms with Crippen molar-refractivity contribution in [2.24, 2.45) is 0 Å². The van der Waals surface area contributed by atoms with Crippen LogP contribution in [0.25, 0.3) is 0 Å². The molecule has 0 saturated carbocycles. The van der Waals surface area contributed by atoms with Crippen molar-refractivity contribution < 1.29 is 0 Å². The van der Waals surface area contributed by atoms with Crippen LogP contribution in [-0.2, 0) is 5.88 Å². The first-order valence-corrected chi connectivity index (χ1v) is 8.50. The summed E-state index contributed by atoms with van der Waals surface area (Å²) in [4.78, 5) is 1.16. The summed E-state index contributed by atoms with van der Waals surface area (Å²) in [5.41, 5.74) is 0. The topological polar surface area (TPSA) is 17.8 Å². The van der Waals surface area contributed by atoms with E-state index in [1.165, 1.54) is 0 Å². The minimum atomic E-state index is 0.734. The van der Waals surface area contributed by atoms with Crippen molar-refractivity contribution >= 4 is 58.7 Å². The van der Waals surface area contributed by atoms with Gasteiger partial charge in [0.15, 0.2) is 8.29 Å². The van der Waals surface area contributed by atoms with E-state index in [0.29, 0.717) is 0 Å². The van der Waals surface area contributed by atoms with E-state index in [2.05, 4.69) is 5.10 Å². The number of thioether (sulfide) groups is 2. The van der Waals surface area contributed by atoms with Crippen LogP contribution in [0.3, 0.4) is 0 Å². The fourth-order valence-corrected chi connectivity index (χ4v) is 3.94. The van der Waals surface area contributed by atoms with Crippen LogP contribution in [0.1, 0.15) is 0 Å². The molecule has 0 bridgehead atoms. The van der Waals surface area contributed by atoms with Crippen molar-refractivity contribution in [2.75, 3.05) is 6.26 Å². The number of benzene rings is 1. The zero-order chi connectivity index (χ0) is 12.3. The van der Waals surface area contributed by atoms with Crippen LogP contribution in [0.4, 0.5) is 0 Å². The predicted molar refractivity (Wildman–Crippen MR) is 80.0 cm³/mol. The molecule has 0 atom stereocenters. The first-order chi connectivity index (χ1) is 8.19. The summed E-state index contributed by atoms with van der Waals surface area (Å²) in [6.07, 6.45) is 2.00. The molecule has 2 rings (SSSR count). The second kappa shape index (κ2) is 6.24. The van der Waals surface area contributed by atoms with Gasteiger partial charge in [-0.25, -0.2) is 4.68 Å². The Morgan fingerprint density at radius 2 is 2.12 bits per heavy atom. The Labute approximate surface area is 122 Å².